The molecule has 1 aliphatic heterocycles. The number of amides is 3. The maximum absolute atomic E-state index is 12.8. The van der Waals surface area contributed by atoms with Gasteiger partial charge in [0.15, 0.2) is 0 Å². The zero-order valence-electron chi connectivity index (χ0n) is 16.3. The molecule has 0 saturated heterocycles. The Morgan fingerprint density at radius 2 is 1.83 bits per heavy atom. The molecule has 0 unspecified atom stereocenters. The van der Waals surface area contributed by atoms with E-state index in [4.69, 9.17) is 4.42 Å². The van der Waals surface area contributed by atoms with E-state index in [0.717, 1.165) is 16.2 Å². The molecule has 3 aromatic rings. The van der Waals surface area contributed by atoms with E-state index >= 15 is 0 Å². The fourth-order valence-corrected chi connectivity index (χ4v) is 3.53. The standard InChI is InChI=1S/C22H19N3O4/c1-12-9-13(2)23-14(3)19(12)24-20(26)15-6-7-17-18(10-15)22(28)25(21(17)27)11-16-5-4-8-29-16/h4-10H,11H2,1-3H3,(H,24,26). The molecule has 3 heterocycles. The number of anilines is 1. The lowest BCUT2D eigenvalue weighted by molar-refractivity contribution is 0.0631. The lowest BCUT2D eigenvalue weighted by Crippen LogP contribution is -2.28. The van der Waals surface area contributed by atoms with E-state index in [1.54, 1.807) is 18.2 Å². The number of pyridine rings is 1. The van der Waals surface area contributed by atoms with E-state index in [-0.39, 0.29) is 23.6 Å². The Morgan fingerprint density at radius 1 is 1.07 bits per heavy atom. The van der Waals surface area contributed by atoms with Crippen molar-refractivity contribution < 1.29 is 18.8 Å². The van der Waals surface area contributed by atoms with Crippen LogP contribution in [0, 0.1) is 20.8 Å². The predicted octanol–water partition coefficient (Wildman–Crippen LogP) is 3.65. The molecule has 0 spiro atoms. The molecule has 2 aromatic heterocycles. The lowest BCUT2D eigenvalue weighted by Gasteiger charge is -2.12. The second-order valence-corrected chi connectivity index (χ2v) is 7.03. The number of carbonyl (C=O) groups is 3. The Hall–Kier alpha value is -3.74. The number of furan rings is 1. The van der Waals surface area contributed by atoms with Gasteiger partial charge in [0.25, 0.3) is 17.7 Å². The second kappa shape index (κ2) is 7.01. The average Bonchev–Trinajstić information content (AvgIpc) is 3.27. The van der Waals surface area contributed by atoms with Gasteiger partial charge in [-0.05, 0) is 62.7 Å². The van der Waals surface area contributed by atoms with Gasteiger partial charge in [0, 0.05) is 11.3 Å². The molecule has 0 saturated carbocycles. The molecule has 146 valence electrons. The molecule has 7 heteroatoms. The zero-order valence-corrected chi connectivity index (χ0v) is 16.3. The Kier molecular flexibility index (Phi) is 4.50. The molecule has 0 radical (unpaired) electrons. The van der Waals surface area contributed by atoms with Crippen LogP contribution in [0.2, 0.25) is 0 Å². The highest BCUT2D eigenvalue weighted by Crippen LogP contribution is 2.27. The Bertz CT molecular complexity index is 1130. The van der Waals surface area contributed by atoms with Crippen LogP contribution in [0.3, 0.4) is 0 Å². The van der Waals surface area contributed by atoms with E-state index in [1.807, 2.05) is 26.8 Å². The largest absolute Gasteiger partial charge is 0.467 e. The molecule has 1 aromatic carbocycles. The van der Waals surface area contributed by atoms with Crippen LogP contribution < -0.4 is 5.32 Å². The first-order valence-electron chi connectivity index (χ1n) is 9.14. The fraction of sp³-hybridized carbons (Fsp3) is 0.182. The zero-order chi connectivity index (χ0) is 20.7. The highest BCUT2D eigenvalue weighted by molar-refractivity contribution is 6.22. The summed E-state index contributed by atoms with van der Waals surface area (Å²) in [5, 5.41) is 2.86. The SMILES string of the molecule is Cc1cc(C)c(NC(=O)c2ccc3c(c2)C(=O)N(Cc2ccco2)C3=O)c(C)n1. The number of hydrogen-bond acceptors (Lipinski definition) is 5. The van der Waals surface area contributed by atoms with Gasteiger partial charge in [0.2, 0.25) is 0 Å². The fourth-order valence-electron chi connectivity index (χ4n) is 3.53. The summed E-state index contributed by atoms with van der Waals surface area (Å²) in [4.78, 5) is 43.6. The van der Waals surface area contributed by atoms with Crippen molar-refractivity contribution in [3.63, 3.8) is 0 Å². The van der Waals surface area contributed by atoms with Crippen LogP contribution in [0.15, 0.2) is 47.1 Å². The summed E-state index contributed by atoms with van der Waals surface area (Å²) in [5.41, 5.74) is 3.92. The molecular formula is C22H19N3O4. The number of nitrogens with zero attached hydrogens (tertiary/aromatic N) is 2. The molecule has 0 bridgehead atoms. The lowest BCUT2D eigenvalue weighted by atomic mass is 10.0. The van der Waals surface area contributed by atoms with Gasteiger partial charge in [-0.2, -0.15) is 0 Å². The number of carbonyl (C=O) groups excluding carboxylic acids is 3. The quantitative estimate of drug-likeness (QED) is 0.688. The van der Waals surface area contributed by atoms with Gasteiger partial charge in [-0.15, -0.1) is 0 Å². The van der Waals surface area contributed by atoms with Gasteiger partial charge in [-0.1, -0.05) is 0 Å². The number of fused-ring (bicyclic) bond motifs is 1. The molecular weight excluding hydrogens is 370 g/mol. The molecule has 29 heavy (non-hydrogen) atoms. The van der Waals surface area contributed by atoms with Gasteiger partial charge in [0.05, 0.1) is 35.3 Å². The molecule has 4 rings (SSSR count). The van der Waals surface area contributed by atoms with E-state index < -0.39 is 11.8 Å². The number of aryl methyl sites for hydroxylation is 3. The Labute approximate surface area is 167 Å². The van der Waals surface area contributed by atoms with Crippen molar-refractivity contribution in [1.82, 2.24) is 9.88 Å². The Morgan fingerprint density at radius 3 is 2.52 bits per heavy atom. The number of imide groups is 1. The molecule has 7 nitrogen and oxygen atoms in total. The van der Waals surface area contributed by atoms with Gasteiger partial charge >= 0.3 is 0 Å². The first-order valence-corrected chi connectivity index (χ1v) is 9.14. The summed E-state index contributed by atoms with van der Waals surface area (Å²) in [5.74, 6) is -0.701. The van der Waals surface area contributed by atoms with E-state index in [2.05, 4.69) is 10.3 Å². The third-order valence-corrected chi connectivity index (χ3v) is 4.89. The third-order valence-electron chi connectivity index (χ3n) is 4.89. The van der Waals surface area contributed by atoms with Crippen LogP contribution >= 0.6 is 0 Å². The van der Waals surface area contributed by atoms with Crippen molar-refractivity contribution in [1.29, 1.82) is 0 Å². The highest BCUT2D eigenvalue weighted by atomic mass is 16.3. The number of rotatable bonds is 4. The smallest absolute Gasteiger partial charge is 0.261 e. The topological polar surface area (TPSA) is 92.5 Å². The first-order chi connectivity index (χ1) is 13.8. The molecule has 0 fully saturated rings. The number of nitrogens with one attached hydrogen (secondary N) is 1. The van der Waals surface area contributed by atoms with Crippen LogP contribution in [0.5, 0.6) is 0 Å². The minimum absolute atomic E-state index is 0.0499. The van der Waals surface area contributed by atoms with Crippen LogP contribution in [-0.2, 0) is 6.54 Å². The van der Waals surface area contributed by atoms with Crippen LogP contribution in [0.25, 0.3) is 0 Å². The third kappa shape index (κ3) is 3.31. The second-order valence-electron chi connectivity index (χ2n) is 7.03. The normalized spacial score (nSPS) is 13.0. The van der Waals surface area contributed by atoms with Crippen molar-refractivity contribution in [3.05, 3.63) is 82.1 Å². The number of hydrogen-bond donors (Lipinski definition) is 1. The summed E-state index contributed by atoms with van der Waals surface area (Å²) in [7, 11) is 0. The minimum Gasteiger partial charge on any atom is -0.467 e. The van der Waals surface area contributed by atoms with Crippen LogP contribution in [0.1, 0.15) is 53.8 Å². The molecule has 1 aliphatic rings. The van der Waals surface area contributed by atoms with Gasteiger partial charge in [0.1, 0.15) is 5.76 Å². The number of benzene rings is 1. The van der Waals surface area contributed by atoms with Gasteiger partial charge in [-0.3, -0.25) is 24.3 Å². The maximum atomic E-state index is 12.8. The summed E-state index contributed by atoms with van der Waals surface area (Å²) in [6.07, 6.45) is 1.49. The monoisotopic (exact) mass is 389 g/mol. The van der Waals surface area contributed by atoms with Crippen molar-refractivity contribution in [2.24, 2.45) is 0 Å². The van der Waals surface area contributed by atoms with Gasteiger partial charge < -0.3 is 9.73 Å². The van der Waals surface area contributed by atoms with Crippen LogP contribution in [0.4, 0.5) is 5.69 Å². The van der Waals surface area contributed by atoms with Gasteiger partial charge in [-0.25, -0.2) is 0 Å². The Balaban J connectivity index is 1.60. The van der Waals surface area contributed by atoms with Crippen LogP contribution in [-0.4, -0.2) is 27.6 Å². The highest BCUT2D eigenvalue weighted by Gasteiger charge is 2.36. The van der Waals surface area contributed by atoms with E-state index in [1.165, 1.54) is 18.4 Å². The van der Waals surface area contributed by atoms with Crippen molar-refractivity contribution in [2.45, 2.75) is 27.3 Å². The number of aromatic nitrogens is 1. The minimum atomic E-state index is -0.444. The molecule has 0 aliphatic carbocycles. The van der Waals surface area contributed by atoms with Crippen molar-refractivity contribution in [3.8, 4) is 0 Å². The van der Waals surface area contributed by atoms with Crippen molar-refractivity contribution >= 4 is 23.4 Å². The van der Waals surface area contributed by atoms with E-state index in [0.29, 0.717) is 22.7 Å². The van der Waals surface area contributed by atoms with Crippen molar-refractivity contribution in [2.75, 3.05) is 5.32 Å². The first kappa shape index (κ1) is 18.6. The molecule has 1 N–H and O–H groups in total. The maximum Gasteiger partial charge on any atom is 0.261 e. The summed E-state index contributed by atoms with van der Waals surface area (Å²) < 4.78 is 5.23. The average molecular weight is 389 g/mol. The van der Waals surface area contributed by atoms with E-state index in [9.17, 15) is 14.4 Å². The predicted molar refractivity (Wildman–Crippen MR) is 106 cm³/mol. The summed E-state index contributed by atoms with van der Waals surface area (Å²) >= 11 is 0. The molecule has 3 amide bonds. The summed E-state index contributed by atoms with van der Waals surface area (Å²) in [6.45, 7) is 5.67. The molecule has 0 atom stereocenters. The summed E-state index contributed by atoms with van der Waals surface area (Å²) in [6, 6.07) is 9.80.